The number of benzene rings is 1. The van der Waals surface area contributed by atoms with Gasteiger partial charge in [-0.25, -0.2) is 0 Å². The van der Waals surface area contributed by atoms with Crippen molar-refractivity contribution < 1.29 is 9.26 Å². The first-order valence-electron chi connectivity index (χ1n) is 6.31. The zero-order chi connectivity index (χ0) is 13.7. The number of aromatic nitrogens is 2. The van der Waals surface area contributed by atoms with E-state index in [2.05, 4.69) is 24.0 Å². The van der Waals surface area contributed by atoms with Gasteiger partial charge in [0.05, 0.1) is 6.61 Å². The Hall–Kier alpha value is -1.55. The van der Waals surface area contributed by atoms with Crippen LogP contribution in [0.15, 0.2) is 28.8 Å². The number of hydrogen-bond donors (Lipinski definition) is 0. The normalized spacial score (nSPS) is 10.9. The van der Waals surface area contributed by atoms with Gasteiger partial charge < -0.3 is 9.26 Å². The number of halogens is 1. The SMILES string of the molecule is CC(C)CCOc1cccc(-c2noc(CCl)n2)c1. The van der Waals surface area contributed by atoms with E-state index in [9.17, 15) is 0 Å². The molecule has 0 spiro atoms. The quantitative estimate of drug-likeness (QED) is 0.753. The van der Waals surface area contributed by atoms with E-state index in [4.69, 9.17) is 20.9 Å². The molecule has 1 aromatic carbocycles. The van der Waals surface area contributed by atoms with Crippen molar-refractivity contribution in [2.24, 2.45) is 5.92 Å². The molecule has 0 bridgehead atoms. The Labute approximate surface area is 117 Å². The average molecular weight is 281 g/mol. The highest BCUT2D eigenvalue weighted by atomic mass is 35.5. The van der Waals surface area contributed by atoms with Crippen molar-refractivity contribution in [3.63, 3.8) is 0 Å². The molecule has 1 heterocycles. The molecule has 5 heteroatoms. The summed E-state index contributed by atoms with van der Waals surface area (Å²) in [6.07, 6.45) is 1.03. The fraction of sp³-hybridized carbons (Fsp3) is 0.429. The molecule has 102 valence electrons. The fourth-order valence-corrected chi connectivity index (χ4v) is 1.67. The van der Waals surface area contributed by atoms with Crippen LogP contribution in [0.2, 0.25) is 0 Å². The average Bonchev–Trinajstić information content (AvgIpc) is 2.87. The molecule has 0 saturated heterocycles. The summed E-state index contributed by atoms with van der Waals surface area (Å²) < 4.78 is 10.7. The fourth-order valence-electron chi connectivity index (χ4n) is 1.56. The van der Waals surface area contributed by atoms with Gasteiger partial charge in [-0.1, -0.05) is 31.1 Å². The first-order valence-corrected chi connectivity index (χ1v) is 6.84. The maximum atomic E-state index is 5.70. The van der Waals surface area contributed by atoms with E-state index in [0.29, 0.717) is 24.2 Å². The van der Waals surface area contributed by atoms with Crippen LogP contribution in [0.3, 0.4) is 0 Å². The molecule has 1 aromatic heterocycles. The molecule has 0 saturated carbocycles. The maximum absolute atomic E-state index is 5.70. The van der Waals surface area contributed by atoms with E-state index in [1.54, 1.807) is 0 Å². The number of ether oxygens (including phenoxy) is 1. The van der Waals surface area contributed by atoms with Gasteiger partial charge >= 0.3 is 0 Å². The minimum atomic E-state index is 0.220. The van der Waals surface area contributed by atoms with Crippen molar-refractivity contribution in [1.29, 1.82) is 0 Å². The van der Waals surface area contributed by atoms with Gasteiger partial charge in [0.25, 0.3) is 0 Å². The van der Waals surface area contributed by atoms with Gasteiger partial charge in [-0.05, 0) is 24.5 Å². The van der Waals surface area contributed by atoms with Gasteiger partial charge in [0, 0.05) is 5.56 Å². The van der Waals surface area contributed by atoms with Crippen LogP contribution in [-0.2, 0) is 5.88 Å². The second-order valence-corrected chi connectivity index (χ2v) is 4.97. The summed E-state index contributed by atoms with van der Waals surface area (Å²) in [6, 6.07) is 7.66. The summed E-state index contributed by atoms with van der Waals surface area (Å²) in [5.74, 6) is 2.62. The summed E-state index contributed by atoms with van der Waals surface area (Å²) in [4.78, 5) is 4.18. The van der Waals surface area contributed by atoms with Crippen molar-refractivity contribution in [3.8, 4) is 17.1 Å². The maximum Gasteiger partial charge on any atom is 0.241 e. The van der Waals surface area contributed by atoms with Crippen molar-refractivity contribution in [1.82, 2.24) is 10.1 Å². The highest BCUT2D eigenvalue weighted by molar-refractivity contribution is 6.16. The topological polar surface area (TPSA) is 48.2 Å². The first kappa shape index (κ1) is 13.9. The summed E-state index contributed by atoms with van der Waals surface area (Å²) in [5.41, 5.74) is 0.863. The van der Waals surface area contributed by atoms with Crippen LogP contribution < -0.4 is 4.74 Å². The molecule has 0 amide bonds. The predicted molar refractivity (Wildman–Crippen MR) is 74.2 cm³/mol. The lowest BCUT2D eigenvalue weighted by Crippen LogP contribution is -2.01. The molecule has 0 fully saturated rings. The Morgan fingerprint density at radius 1 is 1.37 bits per heavy atom. The smallest absolute Gasteiger partial charge is 0.241 e. The number of alkyl halides is 1. The second-order valence-electron chi connectivity index (χ2n) is 4.70. The Kier molecular flexibility index (Phi) is 4.80. The third-order valence-corrected chi connectivity index (χ3v) is 2.87. The minimum absolute atomic E-state index is 0.220. The highest BCUT2D eigenvalue weighted by Crippen LogP contribution is 2.22. The second kappa shape index (κ2) is 6.57. The van der Waals surface area contributed by atoms with Crippen molar-refractivity contribution in [2.45, 2.75) is 26.1 Å². The summed E-state index contributed by atoms with van der Waals surface area (Å²) in [5, 5.41) is 3.88. The minimum Gasteiger partial charge on any atom is -0.494 e. The van der Waals surface area contributed by atoms with Crippen molar-refractivity contribution in [2.75, 3.05) is 6.61 Å². The van der Waals surface area contributed by atoms with Gasteiger partial charge in [-0.3, -0.25) is 0 Å². The molecule has 0 aliphatic rings. The van der Waals surface area contributed by atoms with Crippen LogP contribution in [0, 0.1) is 5.92 Å². The number of nitrogens with zero attached hydrogens (tertiary/aromatic N) is 2. The molecular formula is C14H17ClN2O2. The van der Waals surface area contributed by atoms with Crippen LogP contribution in [0.4, 0.5) is 0 Å². The van der Waals surface area contributed by atoms with Crippen LogP contribution in [0.25, 0.3) is 11.4 Å². The van der Waals surface area contributed by atoms with Crippen LogP contribution in [0.1, 0.15) is 26.2 Å². The lowest BCUT2D eigenvalue weighted by atomic mass is 10.1. The van der Waals surface area contributed by atoms with Gasteiger partial charge in [0.15, 0.2) is 0 Å². The Balaban J connectivity index is 2.06. The van der Waals surface area contributed by atoms with E-state index >= 15 is 0 Å². The van der Waals surface area contributed by atoms with Gasteiger partial charge in [-0.2, -0.15) is 4.98 Å². The summed E-state index contributed by atoms with van der Waals surface area (Å²) in [6.45, 7) is 5.06. The zero-order valence-electron chi connectivity index (χ0n) is 11.1. The lowest BCUT2D eigenvalue weighted by molar-refractivity contribution is 0.289. The van der Waals surface area contributed by atoms with Gasteiger partial charge in [0.2, 0.25) is 11.7 Å². The summed E-state index contributed by atoms with van der Waals surface area (Å²) in [7, 11) is 0. The van der Waals surface area contributed by atoms with E-state index in [-0.39, 0.29) is 5.88 Å². The van der Waals surface area contributed by atoms with E-state index < -0.39 is 0 Å². The molecule has 0 aliphatic carbocycles. The molecule has 0 atom stereocenters. The van der Waals surface area contributed by atoms with Crippen LogP contribution in [-0.4, -0.2) is 16.7 Å². The number of rotatable bonds is 6. The molecule has 0 N–H and O–H groups in total. The molecule has 0 radical (unpaired) electrons. The standard InChI is InChI=1S/C14H17ClN2O2/c1-10(2)6-7-18-12-5-3-4-11(8-12)14-16-13(9-15)19-17-14/h3-5,8,10H,6-7,9H2,1-2H3. The molecular weight excluding hydrogens is 264 g/mol. The molecule has 19 heavy (non-hydrogen) atoms. The molecule has 4 nitrogen and oxygen atoms in total. The van der Waals surface area contributed by atoms with Crippen LogP contribution >= 0.6 is 11.6 Å². The largest absolute Gasteiger partial charge is 0.494 e. The predicted octanol–water partition coefficient (Wildman–Crippen LogP) is 3.90. The van der Waals surface area contributed by atoms with Gasteiger partial charge in [0.1, 0.15) is 11.6 Å². The third-order valence-electron chi connectivity index (χ3n) is 2.64. The Morgan fingerprint density at radius 3 is 2.89 bits per heavy atom. The van der Waals surface area contributed by atoms with E-state index in [1.165, 1.54) is 0 Å². The van der Waals surface area contributed by atoms with E-state index in [0.717, 1.165) is 17.7 Å². The van der Waals surface area contributed by atoms with Crippen molar-refractivity contribution in [3.05, 3.63) is 30.2 Å². The van der Waals surface area contributed by atoms with Gasteiger partial charge in [-0.15, -0.1) is 11.6 Å². The molecule has 2 rings (SSSR count). The molecule has 0 unspecified atom stereocenters. The Morgan fingerprint density at radius 2 is 2.21 bits per heavy atom. The summed E-state index contributed by atoms with van der Waals surface area (Å²) >= 11 is 5.64. The molecule has 2 aromatic rings. The monoisotopic (exact) mass is 280 g/mol. The molecule has 0 aliphatic heterocycles. The van der Waals surface area contributed by atoms with Crippen molar-refractivity contribution >= 4 is 11.6 Å². The van der Waals surface area contributed by atoms with E-state index in [1.807, 2.05) is 24.3 Å². The number of hydrogen-bond acceptors (Lipinski definition) is 4. The van der Waals surface area contributed by atoms with Crippen LogP contribution in [0.5, 0.6) is 5.75 Å². The lowest BCUT2D eigenvalue weighted by Gasteiger charge is -2.08. The highest BCUT2D eigenvalue weighted by Gasteiger charge is 2.08. The third kappa shape index (κ3) is 3.96. The first-order chi connectivity index (χ1) is 9.19. The Bertz CT molecular complexity index is 526. The zero-order valence-corrected chi connectivity index (χ0v) is 11.9.